The van der Waals surface area contributed by atoms with E-state index in [1.54, 1.807) is 7.05 Å². The molecule has 6 heteroatoms. The van der Waals surface area contributed by atoms with Crippen LogP contribution in [0.1, 0.15) is 17.0 Å². The van der Waals surface area contributed by atoms with Crippen LogP contribution in [-0.2, 0) is 25.4 Å². The molecule has 2 heterocycles. The number of aryl methyl sites for hydroxylation is 1. The normalized spacial score (nSPS) is 16.9. The van der Waals surface area contributed by atoms with Gasteiger partial charge in [0.05, 0.1) is 0 Å². The van der Waals surface area contributed by atoms with E-state index < -0.39 is 11.9 Å². The van der Waals surface area contributed by atoms with Crippen LogP contribution in [-0.4, -0.2) is 15.5 Å². The van der Waals surface area contributed by atoms with E-state index in [1.165, 1.54) is 16.4 Å². The molecule has 0 bridgehead atoms. The largest absolute Gasteiger partial charge is 0.435 e. The van der Waals surface area contributed by atoms with Crippen molar-refractivity contribution in [2.75, 3.05) is 5.75 Å². The third kappa shape index (κ3) is 1.51. The van der Waals surface area contributed by atoms with Crippen LogP contribution >= 0.6 is 11.8 Å². The van der Waals surface area contributed by atoms with Crippen molar-refractivity contribution in [2.45, 2.75) is 18.3 Å². The summed E-state index contributed by atoms with van der Waals surface area (Å²) in [5, 5.41) is 3.54. The van der Waals surface area contributed by atoms with Gasteiger partial charge in [-0.3, -0.25) is 4.68 Å². The van der Waals surface area contributed by atoms with Crippen molar-refractivity contribution in [3.63, 3.8) is 0 Å². The maximum Gasteiger partial charge on any atom is 0.435 e. The molecule has 0 saturated heterocycles. The molecular weight excluding hydrogens is 213 g/mol. The topological polar surface area (TPSA) is 17.8 Å². The van der Waals surface area contributed by atoms with Crippen LogP contribution in [0.5, 0.6) is 0 Å². The van der Waals surface area contributed by atoms with Gasteiger partial charge in [0.2, 0.25) is 0 Å². The Morgan fingerprint density at radius 2 is 2.14 bits per heavy atom. The Bertz CT molecular complexity index is 356. The molecule has 0 amide bonds. The van der Waals surface area contributed by atoms with Gasteiger partial charge in [0, 0.05) is 24.1 Å². The number of hydrogen-bond donors (Lipinski definition) is 0. The van der Waals surface area contributed by atoms with E-state index in [2.05, 4.69) is 5.10 Å². The monoisotopic (exact) mass is 222 g/mol. The highest BCUT2D eigenvalue weighted by Gasteiger charge is 2.39. The van der Waals surface area contributed by atoms with Gasteiger partial charge in [-0.05, 0) is 12.2 Å². The zero-order chi connectivity index (χ0) is 10.3. The van der Waals surface area contributed by atoms with E-state index in [-0.39, 0.29) is 0 Å². The maximum absolute atomic E-state index is 12.5. The first-order valence-electron chi connectivity index (χ1n) is 4.20. The fourth-order valence-electron chi connectivity index (χ4n) is 1.64. The quantitative estimate of drug-likeness (QED) is 0.670. The molecule has 0 saturated carbocycles. The second-order valence-corrected chi connectivity index (χ2v) is 4.30. The maximum atomic E-state index is 12.5. The zero-order valence-corrected chi connectivity index (χ0v) is 8.37. The highest BCUT2D eigenvalue weighted by Crippen LogP contribution is 2.36. The lowest BCUT2D eigenvalue weighted by atomic mass is 10.1. The minimum absolute atomic E-state index is 0.372. The van der Waals surface area contributed by atoms with Crippen LogP contribution in [0.4, 0.5) is 13.2 Å². The van der Waals surface area contributed by atoms with Crippen molar-refractivity contribution in [1.82, 2.24) is 9.78 Å². The Balaban J connectivity index is 2.52. The summed E-state index contributed by atoms with van der Waals surface area (Å²) in [6.45, 7) is 0. The Hall–Kier alpha value is -0.650. The number of hydrogen-bond acceptors (Lipinski definition) is 2. The number of fused-ring (bicyclic) bond motifs is 1. The van der Waals surface area contributed by atoms with Gasteiger partial charge in [-0.25, -0.2) is 0 Å². The highest BCUT2D eigenvalue weighted by molar-refractivity contribution is 7.98. The average molecular weight is 222 g/mol. The summed E-state index contributed by atoms with van der Waals surface area (Å²) in [4.78, 5) is 0. The second-order valence-electron chi connectivity index (χ2n) is 3.20. The van der Waals surface area contributed by atoms with E-state index in [0.29, 0.717) is 17.7 Å². The molecule has 1 aliphatic heterocycles. The van der Waals surface area contributed by atoms with E-state index in [9.17, 15) is 13.2 Å². The van der Waals surface area contributed by atoms with E-state index in [4.69, 9.17) is 0 Å². The molecule has 0 aliphatic carbocycles. The van der Waals surface area contributed by atoms with Crippen molar-refractivity contribution in [3.8, 4) is 0 Å². The lowest BCUT2D eigenvalue weighted by molar-refractivity contribution is -0.141. The highest BCUT2D eigenvalue weighted by atomic mass is 32.2. The number of thioether (sulfide) groups is 1. The Morgan fingerprint density at radius 1 is 1.43 bits per heavy atom. The lowest BCUT2D eigenvalue weighted by Crippen LogP contribution is -2.10. The van der Waals surface area contributed by atoms with Crippen molar-refractivity contribution in [3.05, 3.63) is 17.0 Å². The summed E-state index contributed by atoms with van der Waals surface area (Å²) in [6.07, 6.45) is -3.64. The first kappa shape index (κ1) is 9.89. The molecule has 2 rings (SSSR count). The molecule has 1 aromatic heterocycles. The van der Waals surface area contributed by atoms with E-state index in [1.807, 2.05) is 0 Å². The smallest absolute Gasteiger partial charge is 0.272 e. The number of nitrogens with zero attached hydrogens (tertiary/aromatic N) is 2. The second kappa shape index (κ2) is 3.18. The molecule has 0 atom stereocenters. The fourth-order valence-corrected chi connectivity index (χ4v) is 2.63. The van der Waals surface area contributed by atoms with E-state index in [0.717, 1.165) is 11.4 Å². The predicted octanol–water partition coefficient (Wildman–Crippen LogP) is 2.23. The van der Waals surface area contributed by atoms with Crippen LogP contribution in [0.3, 0.4) is 0 Å². The number of halogens is 3. The summed E-state index contributed by atoms with van der Waals surface area (Å²) in [5.74, 6) is 1.31. The van der Waals surface area contributed by atoms with Gasteiger partial charge < -0.3 is 0 Å². The summed E-state index contributed by atoms with van der Waals surface area (Å²) < 4.78 is 38.9. The molecule has 78 valence electrons. The standard InChI is InChI=1S/C8H9F3N2S/c1-13-6-2-3-14-4-5(6)7(12-13)8(9,10)11/h2-4H2,1H3. The van der Waals surface area contributed by atoms with Crippen LogP contribution in [0.2, 0.25) is 0 Å². The minimum atomic E-state index is -4.32. The zero-order valence-electron chi connectivity index (χ0n) is 7.56. The fraction of sp³-hybridized carbons (Fsp3) is 0.625. The van der Waals surface area contributed by atoms with Crippen LogP contribution < -0.4 is 0 Å². The van der Waals surface area contributed by atoms with Crippen molar-refractivity contribution in [1.29, 1.82) is 0 Å². The van der Waals surface area contributed by atoms with Gasteiger partial charge in [0.1, 0.15) is 0 Å². The molecule has 0 spiro atoms. The van der Waals surface area contributed by atoms with Crippen molar-refractivity contribution >= 4 is 11.8 Å². The Labute approximate surface area is 83.5 Å². The Morgan fingerprint density at radius 3 is 2.79 bits per heavy atom. The molecule has 0 radical (unpaired) electrons. The predicted molar refractivity (Wildman–Crippen MR) is 48.1 cm³/mol. The molecule has 1 aliphatic rings. The third-order valence-electron chi connectivity index (χ3n) is 2.27. The minimum Gasteiger partial charge on any atom is -0.272 e. The molecule has 0 N–H and O–H groups in total. The number of rotatable bonds is 0. The molecular formula is C8H9F3N2S. The van der Waals surface area contributed by atoms with E-state index >= 15 is 0 Å². The van der Waals surface area contributed by atoms with Gasteiger partial charge >= 0.3 is 6.18 Å². The third-order valence-corrected chi connectivity index (χ3v) is 3.26. The van der Waals surface area contributed by atoms with Gasteiger partial charge in [-0.2, -0.15) is 30.0 Å². The van der Waals surface area contributed by atoms with Crippen LogP contribution in [0, 0.1) is 0 Å². The molecule has 0 aromatic carbocycles. The molecule has 14 heavy (non-hydrogen) atoms. The number of alkyl halides is 3. The Kier molecular flexibility index (Phi) is 2.25. The summed E-state index contributed by atoms with van der Waals surface area (Å²) in [5.41, 5.74) is 0.398. The molecule has 0 fully saturated rings. The van der Waals surface area contributed by atoms with Gasteiger partial charge in [-0.1, -0.05) is 0 Å². The van der Waals surface area contributed by atoms with Gasteiger partial charge in [0.25, 0.3) is 0 Å². The average Bonchev–Trinajstić information content (AvgIpc) is 2.44. The van der Waals surface area contributed by atoms with Gasteiger partial charge in [-0.15, -0.1) is 0 Å². The van der Waals surface area contributed by atoms with Crippen LogP contribution in [0.25, 0.3) is 0 Å². The SMILES string of the molecule is Cn1nc(C(F)(F)F)c2c1CCSC2. The summed E-state index contributed by atoms with van der Waals surface area (Å²) in [7, 11) is 1.57. The molecule has 2 nitrogen and oxygen atoms in total. The first-order valence-corrected chi connectivity index (χ1v) is 5.35. The van der Waals surface area contributed by atoms with Crippen molar-refractivity contribution < 1.29 is 13.2 Å². The van der Waals surface area contributed by atoms with Gasteiger partial charge in [0.15, 0.2) is 5.69 Å². The first-order chi connectivity index (χ1) is 6.50. The summed E-state index contributed by atoms with van der Waals surface area (Å²) >= 11 is 1.53. The summed E-state index contributed by atoms with van der Waals surface area (Å²) in [6, 6.07) is 0. The molecule has 1 aromatic rings. The number of aromatic nitrogens is 2. The van der Waals surface area contributed by atoms with Crippen molar-refractivity contribution in [2.24, 2.45) is 7.05 Å². The van der Waals surface area contributed by atoms with Crippen LogP contribution in [0.15, 0.2) is 0 Å². The molecule has 0 unspecified atom stereocenters. The lowest BCUT2D eigenvalue weighted by Gasteiger charge is -2.12.